The van der Waals surface area contributed by atoms with Crippen molar-refractivity contribution in [3.63, 3.8) is 0 Å². The Kier molecular flexibility index (Phi) is 6.39. The third kappa shape index (κ3) is 4.63. The second-order valence-electron chi connectivity index (χ2n) is 4.85. The molecule has 2 aromatic carbocycles. The molecule has 2 aromatic rings. The molecule has 9 heteroatoms. The number of benzene rings is 2. The third-order valence-electron chi connectivity index (χ3n) is 3.08. The van der Waals surface area contributed by atoms with Gasteiger partial charge in [-0.2, -0.15) is 5.26 Å². The quantitative estimate of drug-likeness (QED) is 0.437. The molecule has 0 saturated carbocycles. The van der Waals surface area contributed by atoms with Crippen molar-refractivity contribution in [3.8, 4) is 11.8 Å². The lowest BCUT2D eigenvalue weighted by atomic mass is 10.2. The van der Waals surface area contributed by atoms with E-state index in [2.05, 4.69) is 5.32 Å². The Hall–Kier alpha value is -2.82. The lowest BCUT2D eigenvalue weighted by Gasteiger charge is -2.11. The number of carbonyl (C=O) groups excluding carboxylic acids is 1. The first kappa shape index (κ1) is 19.5. The number of aliphatic hydroxyl groups excluding tert-OH is 1. The highest BCUT2D eigenvalue weighted by Gasteiger charge is 2.18. The van der Waals surface area contributed by atoms with Crippen LogP contribution in [0.2, 0.25) is 10.0 Å². The molecule has 0 unspecified atom stereocenters. The van der Waals surface area contributed by atoms with Crippen LogP contribution in [0.25, 0.3) is 0 Å². The molecule has 0 radical (unpaired) electrons. The van der Waals surface area contributed by atoms with Gasteiger partial charge in [0.2, 0.25) is 0 Å². The Labute approximate surface area is 157 Å². The van der Waals surface area contributed by atoms with E-state index >= 15 is 0 Å². The fraction of sp³-hybridized carbons (Fsp3) is 0.0588. The van der Waals surface area contributed by atoms with E-state index in [4.69, 9.17) is 33.2 Å². The van der Waals surface area contributed by atoms with Crippen molar-refractivity contribution >= 4 is 34.8 Å². The maximum atomic E-state index is 13.6. The molecule has 0 heterocycles. The second-order valence-corrected chi connectivity index (χ2v) is 5.67. The minimum absolute atomic E-state index is 0.0599. The van der Waals surface area contributed by atoms with Gasteiger partial charge < -0.3 is 15.2 Å². The summed E-state index contributed by atoms with van der Waals surface area (Å²) in [4.78, 5) is 12.0. The van der Waals surface area contributed by atoms with E-state index in [0.717, 1.165) is 12.1 Å². The zero-order chi connectivity index (χ0) is 19.3. The van der Waals surface area contributed by atoms with Crippen molar-refractivity contribution in [1.82, 2.24) is 0 Å². The van der Waals surface area contributed by atoms with Crippen LogP contribution in [0.5, 0.6) is 5.75 Å². The van der Waals surface area contributed by atoms with Gasteiger partial charge in [0, 0.05) is 6.07 Å². The molecule has 0 aromatic heterocycles. The molecule has 0 spiro atoms. The van der Waals surface area contributed by atoms with Gasteiger partial charge in [-0.3, -0.25) is 4.79 Å². The monoisotopic (exact) mass is 398 g/mol. The summed E-state index contributed by atoms with van der Waals surface area (Å²) >= 11 is 11.8. The van der Waals surface area contributed by atoms with Crippen LogP contribution in [-0.4, -0.2) is 17.6 Å². The molecule has 134 valence electrons. The summed E-state index contributed by atoms with van der Waals surface area (Å²) in [5.41, 5.74) is -1.07. The van der Waals surface area contributed by atoms with Crippen LogP contribution in [0, 0.1) is 23.0 Å². The average molecular weight is 399 g/mol. The Bertz CT molecular complexity index is 906. The Morgan fingerprint density at radius 3 is 2.46 bits per heavy atom. The van der Waals surface area contributed by atoms with E-state index < -0.39 is 35.5 Å². The van der Waals surface area contributed by atoms with Crippen LogP contribution in [0.1, 0.15) is 0 Å². The number of halogens is 4. The van der Waals surface area contributed by atoms with E-state index in [-0.39, 0.29) is 21.5 Å². The van der Waals surface area contributed by atoms with Crippen molar-refractivity contribution in [2.75, 3.05) is 11.9 Å². The van der Waals surface area contributed by atoms with Crippen LogP contribution in [0.3, 0.4) is 0 Å². The van der Waals surface area contributed by atoms with E-state index in [1.807, 2.05) is 0 Å². The molecule has 0 saturated heterocycles. The molecule has 1 amide bonds. The Morgan fingerprint density at radius 2 is 1.88 bits per heavy atom. The summed E-state index contributed by atoms with van der Waals surface area (Å²) in [6.07, 6.45) is 0. The number of aliphatic hydroxyl groups is 1. The second kappa shape index (κ2) is 8.52. The normalized spacial score (nSPS) is 11.3. The summed E-state index contributed by atoms with van der Waals surface area (Å²) in [7, 11) is 0. The lowest BCUT2D eigenvalue weighted by molar-refractivity contribution is -0.112. The number of carbonyl (C=O) groups is 1. The number of rotatable bonds is 5. The maximum Gasteiger partial charge on any atom is 0.270 e. The third-order valence-corrected chi connectivity index (χ3v) is 3.67. The molecule has 0 bridgehead atoms. The predicted molar refractivity (Wildman–Crippen MR) is 92.2 cm³/mol. The SMILES string of the molecule is N#C/C(C(=O)Nc1ccc(F)cc1F)=C(\O)COc1c(Cl)cccc1Cl. The molecule has 0 aliphatic heterocycles. The van der Waals surface area contributed by atoms with Crippen LogP contribution in [0.15, 0.2) is 47.7 Å². The van der Waals surface area contributed by atoms with E-state index in [1.54, 1.807) is 6.07 Å². The number of ether oxygens (including phenoxy) is 1. The largest absolute Gasteiger partial charge is 0.507 e. The van der Waals surface area contributed by atoms with E-state index in [9.17, 15) is 18.7 Å². The van der Waals surface area contributed by atoms with Crippen molar-refractivity contribution < 1.29 is 23.4 Å². The van der Waals surface area contributed by atoms with Crippen LogP contribution in [-0.2, 0) is 4.79 Å². The molecule has 0 fully saturated rings. The first-order valence-electron chi connectivity index (χ1n) is 6.99. The molecule has 2 rings (SSSR count). The van der Waals surface area contributed by atoms with Crippen molar-refractivity contribution in [2.45, 2.75) is 0 Å². The maximum absolute atomic E-state index is 13.6. The summed E-state index contributed by atoms with van der Waals surface area (Å²) < 4.78 is 31.7. The Balaban J connectivity index is 2.16. The summed E-state index contributed by atoms with van der Waals surface area (Å²) in [5, 5.41) is 21.4. The van der Waals surface area contributed by atoms with Crippen molar-refractivity contribution in [2.24, 2.45) is 0 Å². The first-order chi connectivity index (χ1) is 12.3. The van der Waals surface area contributed by atoms with Gasteiger partial charge >= 0.3 is 0 Å². The van der Waals surface area contributed by atoms with Gasteiger partial charge in [-0.05, 0) is 24.3 Å². The van der Waals surface area contributed by atoms with Gasteiger partial charge in [-0.25, -0.2) is 8.78 Å². The van der Waals surface area contributed by atoms with Gasteiger partial charge in [-0.1, -0.05) is 29.3 Å². The van der Waals surface area contributed by atoms with Gasteiger partial charge in [0.1, 0.15) is 24.3 Å². The minimum Gasteiger partial charge on any atom is -0.507 e. The van der Waals surface area contributed by atoms with Gasteiger partial charge in [0.05, 0.1) is 15.7 Å². The zero-order valence-corrected chi connectivity index (χ0v) is 14.4. The number of hydrogen-bond donors (Lipinski definition) is 2. The summed E-state index contributed by atoms with van der Waals surface area (Å²) in [6, 6.07) is 8.54. The molecule has 0 atom stereocenters. The number of nitriles is 1. The number of anilines is 1. The highest BCUT2D eigenvalue weighted by atomic mass is 35.5. The highest BCUT2D eigenvalue weighted by molar-refractivity contribution is 6.37. The molecule has 26 heavy (non-hydrogen) atoms. The fourth-order valence-corrected chi connectivity index (χ4v) is 2.36. The number of amides is 1. The molecular weight excluding hydrogens is 389 g/mol. The van der Waals surface area contributed by atoms with Gasteiger partial charge in [0.15, 0.2) is 17.1 Å². The molecule has 0 aliphatic carbocycles. The first-order valence-corrected chi connectivity index (χ1v) is 7.74. The summed E-state index contributed by atoms with van der Waals surface area (Å²) in [6.45, 7) is -0.578. The molecule has 2 N–H and O–H groups in total. The van der Waals surface area contributed by atoms with Crippen LogP contribution < -0.4 is 10.1 Å². The zero-order valence-electron chi connectivity index (χ0n) is 12.9. The highest BCUT2D eigenvalue weighted by Crippen LogP contribution is 2.32. The number of para-hydroxylation sites is 1. The topological polar surface area (TPSA) is 82.4 Å². The van der Waals surface area contributed by atoms with Gasteiger partial charge in [-0.15, -0.1) is 0 Å². The molecule has 0 aliphatic rings. The predicted octanol–water partition coefficient (Wildman–Crippen LogP) is 4.62. The molecule has 5 nitrogen and oxygen atoms in total. The number of nitrogens with one attached hydrogen (secondary N) is 1. The van der Waals surface area contributed by atoms with E-state index in [0.29, 0.717) is 6.07 Å². The summed E-state index contributed by atoms with van der Waals surface area (Å²) in [5.74, 6) is -3.61. The lowest BCUT2D eigenvalue weighted by Crippen LogP contribution is -2.18. The standard InChI is InChI=1S/C17H10Cl2F2N2O3/c18-11-2-1-3-12(19)16(11)26-8-15(24)10(7-22)17(25)23-14-5-4-9(20)6-13(14)21/h1-6,24H,8H2,(H,23,25)/b15-10+. The van der Waals surface area contributed by atoms with Crippen molar-refractivity contribution in [1.29, 1.82) is 5.26 Å². The van der Waals surface area contributed by atoms with Crippen LogP contribution >= 0.6 is 23.2 Å². The van der Waals surface area contributed by atoms with Crippen molar-refractivity contribution in [3.05, 3.63) is 69.4 Å². The number of nitrogens with zero attached hydrogens (tertiary/aromatic N) is 1. The average Bonchev–Trinajstić information content (AvgIpc) is 2.57. The Morgan fingerprint density at radius 1 is 1.23 bits per heavy atom. The van der Waals surface area contributed by atoms with Gasteiger partial charge in [0.25, 0.3) is 5.91 Å². The number of hydrogen-bond acceptors (Lipinski definition) is 4. The molecular formula is C17H10Cl2F2N2O3. The smallest absolute Gasteiger partial charge is 0.270 e. The van der Waals surface area contributed by atoms with Crippen LogP contribution in [0.4, 0.5) is 14.5 Å². The van der Waals surface area contributed by atoms with E-state index in [1.165, 1.54) is 18.2 Å². The fourth-order valence-electron chi connectivity index (χ4n) is 1.86. The minimum atomic E-state index is -1.09.